The minimum absolute atomic E-state index is 0.161. The molecule has 2 nitrogen and oxygen atoms in total. The summed E-state index contributed by atoms with van der Waals surface area (Å²) in [6.07, 6.45) is 6.09. The molecule has 0 spiro atoms. The van der Waals surface area contributed by atoms with Crippen LogP contribution in [0.25, 0.3) is 0 Å². The van der Waals surface area contributed by atoms with Gasteiger partial charge in [0.2, 0.25) is 0 Å². The Kier molecular flexibility index (Phi) is 5.77. The van der Waals surface area contributed by atoms with Crippen LogP contribution in [0, 0.1) is 11.7 Å². The number of hydrogen-bond acceptors (Lipinski definition) is 2. The monoisotopic (exact) mass is 367 g/mol. The molecule has 1 fully saturated rings. The summed E-state index contributed by atoms with van der Waals surface area (Å²) in [4.78, 5) is 2.50. The van der Waals surface area contributed by atoms with E-state index in [4.69, 9.17) is 4.74 Å². The van der Waals surface area contributed by atoms with E-state index >= 15 is 0 Å². The van der Waals surface area contributed by atoms with E-state index in [1.807, 2.05) is 12.1 Å². The smallest absolute Gasteiger partial charge is 0.123 e. The number of likely N-dealkylation sites (tertiary alicyclic amines) is 1. The number of nitrogens with zero attached hydrogens (tertiary/aromatic N) is 1. The van der Waals surface area contributed by atoms with E-state index in [1.54, 1.807) is 12.1 Å². The zero-order valence-corrected chi connectivity index (χ0v) is 16.3. The predicted molar refractivity (Wildman–Crippen MR) is 108 cm³/mol. The Labute approximate surface area is 162 Å². The Bertz CT molecular complexity index is 757. The summed E-state index contributed by atoms with van der Waals surface area (Å²) in [6.45, 7) is 6.17. The van der Waals surface area contributed by atoms with E-state index in [0.29, 0.717) is 11.8 Å². The third-order valence-corrected chi connectivity index (χ3v) is 6.35. The van der Waals surface area contributed by atoms with E-state index in [-0.39, 0.29) is 5.82 Å². The largest absolute Gasteiger partial charge is 0.493 e. The Morgan fingerprint density at radius 1 is 1.04 bits per heavy atom. The van der Waals surface area contributed by atoms with Crippen molar-refractivity contribution in [2.45, 2.75) is 44.9 Å². The minimum atomic E-state index is -0.161. The van der Waals surface area contributed by atoms with Gasteiger partial charge < -0.3 is 9.64 Å². The van der Waals surface area contributed by atoms with Crippen molar-refractivity contribution in [2.75, 3.05) is 26.2 Å². The molecule has 2 unspecified atom stereocenters. The van der Waals surface area contributed by atoms with Crippen molar-refractivity contribution in [2.24, 2.45) is 5.92 Å². The van der Waals surface area contributed by atoms with E-state index in [9.17, 15) is 4.39 Å². The standard InChI is InChI=1S/C24H30FNO/c1-2-26-14-13-24(19-7-10-22(25)11-8-19)21(16-26)17-27-23-12-9-18-5-3-4-6-20(18)15-23/h7-12,15,21,24H,2-6,13-14,16-17H2,1H3. The van der Waals surface area contributed by atoms with Gasteiger partial charge in [-0.2, -0.15) is 0 Å². The summed E-state index contributed by atoms with van der Waals surface area (Å²) >= 11 is 0. The Morgan fingerprint density at radius 2 is 1.81 bits per heavy atom. The van der Waals surface area contributed by atoms with Crippen LogP contribution in [-0.4, -0.2) is 31.1 Å². The minimum Gasteiger partial charge on any atom is -0.493 e. The van der Waals surface area contributed by atoms with Gasteiger partial charge in [-0.25, -0.2) is 4.39 Å². The van der Waals surface area contributed by atoms with E-state index < -0.39 is 0 Å². The third-order valence-electron chi connectivity index (χ3n) is 6.35. The number of aryl methyl sites for hydroxylation is 2. The van der Waals surface area contributed by atoms with Gasteiger partial charge in [0.25, 0.3) is 0 Å². The van der Waals surface area contributed by atoms with Crippen LogP contribution in [0.2, 0.25) is 0 Å². The van der Waals surface area contributed by atoms with Gasteiger partial charge in [-0.3, -0.25) is 0 Å². The zero-order valence-electron chi connectivity index (χ0n) is 16.3. The number of benzene rings is 2. The van der Waals surface area contributed by atoms with Crippen molar-refractivity contribution in [3.63, 3.8) is 0 Å². The molecule has 1 heterocycles. The first-order valence-corrected chi connectivity index (χ1v) is 10.5. The normalized spacial score (nSPS) is 23.0. The van der Waals surface area contributed by atoms with Gasteiger partial charge in [-0.1, -0.05) is 25.1 Å². The quantitative estimate of drug-likeness (QED) is 0.719. The predicted octanol–water partition coefficient (Wildman–Crippen LogP) is 5.21. The maximum atomic E-state index is 13.3. The lowest BCUT2D eigenvalue weighted by Crippen LogP contribution is -2.41. The molecule has 0 N–H and O–H groups in total. The van der Waals surface area contributed by atoms with Crippen molar-refractivity contribution < 1.29 is 9.13 Å². The third kappa shape index (κ3) is 4.35. The van der Waals surface area contributed by atoms with Crippen LogP contribution in [0.1, 0.15) is 48.8 Å². The maximum absolute atomic E-state index is 13.3. The number of rotatable bonds is 5. The lowest BCUT2D eigenvalue weighted by Gasteiger charge is -2.38. The van der Waals surface area contributed by atoms with Crippen molar-refractivity contribution >= 4 is 0 Å². The first-order chi connectivity index (χ1) is 13.2. The van der Waals surface area contributed by atoms with Crippen LogP contribution in [0.3, 0.4) is 0 Å². The molecule has 2 aliphatic rings. The summed E-state index contributed by atoms with van der Waals surface area (Å²) in [5, 5.41) is 0. The second-order valence-electron chi connectivity index (χ2n) is 8.05. The highest BCUT2D eigenvalue weighted by Crippen LogP contribution is 2.34. The molecule has 0 bridgehead atoms. The summed E-state index contributed by atoms with van der Waals surface area (Å²) in [5.41, 5.74) is 4.20. The highest BCUT2D eigenvalue weighted by molar-refractivity contribution is 5.37. The molecule has 1 aliphatic carbocycles. The number of ether oxygens (including phenoxy) is 1. The fraction of sp³-hybridized carbons (Fsp3) is 0.500. The van der Waals surface area contributed by atoms with Gasteiger partial charge in [0.05, 0.1) is 6.61 Å². The summed E-state index contributed by atoms with van der Waals surface area (Å²) < 4.78 is 19.6. The van der Waals surface area contributed by atoms with Crippen molar-refractivity contribution in [3.8, 4) is 5.75 Å². The highest BCUT2D eigenvalue weighted by Gasteiger charge is 2.30. The van der Waals surface area contributed by atoms with E-state index in [1.165, 1.54) is 42.4 Å². The lowest BCUT2D eigenvalue weighted by atomic mass is 9.81. The van der Waals surface area contributed by atoms with Gasteiger partial charge in [-0.15, -0.1) is 0 Å². The van der Waals surface area contributed by atoms with Gasteiger partial charge in [0.1, 0.15) is 11.6 Å². The van der Waals surface area contributed by atoms with Gasteiger partial charge >= 0.3 is 0 Å². The second-order valence-corrected chi connectivity index (χ2v) is 8.05. The zero-order chi connectivity index (χ0) is 18.6. The molecule has 0 amide bonds. The molecule has 4 rings (SSSR count). The molecule has 3 heteroatoms. The lowest BCUT2D eigenvalue weighted by molar-refractivity contribution is 0.115. The highest BCUT2D eigenvalue weighted by atomic mass is 19.1. The van der Waals surface area contributed by atoms with Crippen LogP contribution in [0.15, 0.2) is 42.5 Å². The molecular formula is C24H30FNO. The van der Waals surface area contributed by atoms with Gasteiger partial charge in [0.15, 0.2) is 0 Å². The fourth-order valence-corrected chi connectivity index (χ4v) is 4.72. The Hall–Kier alpha value is -1.87. The number of piperidine rings is 1. The van der Waals surface area contributed by atoms with E-state index in [0.717, 1.165) is 38.4 Å². The second kappa shape index (κ2) is 8.43. The average molecular weight is 368 g/mol. The first kappa shape index (κ1) is 18.5. The molecule has 0 saturated carbocycles. The number of fused-ring (bicyclic) bond motifs is 1. The molecule has 144 valence electrons. The molecular weight excluding hydrogens is 337 g/mol. The molecule has 2 atom stereocenters. The SMILES string of the molecule is CCN1CCC(c2ccc(F)cc2)C(COc2ccc3c(c2)CCCC3)C1. The van der Waals surface area contributed by atoms with E-state index in [2.05, 4.69) is 30.0 Å². The summed E-state index contributed by atoms with van der Waals surface area (Å²) in [7, 11) is 0. The van der Waals surface area contributed by atoms with Crippen LogP contribution in [-0.2, 0) is 12.8 Å². The first-order valence-electron chi connectivity index (χ1n) is 10.5. The van der Waals surface area contributed by atoms with Crippen LogP contribution >= 0.6 is 0 Å². The van der Waals surface area contributed by atoms with Crippen LogP contribution in [0.4, 0.5) is 4.39 Å². The van der Waals surface area contributed by atoms with Crippen LogP contribution < -0.4 is 4.74 Å². The summed E-state index contributed by atoms with van der Waals surface area (Å²) in [5.74, 6) is 1.71. The van der Waals surface area contributed by atoms with Gasteiger partial charge in [-0.05, 0) is 92.1 Å². The maximum Gasteiger partial charge on any atom is 0.123 e. The number of halogens is 1. The number of hydrogen-bond donors (Lipinski definition) is 0. The Morgan fingerprint density at radius 3 is 2.59 bits per heavy atom. The molecule has 2 aromatic rings. The van der Waals surface area contributed by atoms with Gasteiger partial charge in [0, 0.05) is 12.5 Å². The fourth-order valence-electron chi connectivity index (χ4n) is 4.72. The molecule has 1 saturated heterocycles. The van der Waals surface area contributed by atoms with Crippen molar-refractivity contribution in [1.29, 1.82) is 0 Å². The van der Waals surface area contributed by atoms with Crippen molar-refractivity contribution in [3.05, 3.63) is 65.0 Å². The van der Waals surface area contributed by atoms with Crippen LogP contribution in [0.5, 0.6) is 5.75 Å². The van der Waals surface area contributed by atoms with Crippen molar-refractivity contribution in [1.82, 2.24) is 4.90 Å². The molecule has 27 heavy (non-hydrogen) atoms. The molecule has 1 aliphatic heterocycles. The Balaban J connectivity index is 1.47. The molecule has 0 aromatic heterocycles. The molecule has 2 aromatic carbocycles. The summed E-state index contributed by atoms with van der Waals surface area (Å²) in [6, 6.07) is 13.7. The topological polar surface area (TPSA) is 12.5 Å². The molecule has 0 radical (unpaired) electrons. The average Bonchev–Trinajstić information content (AvgIpc) is 2.72.